The van der Waals surface area contributed by atoms with E-state index in [2.05, 4.69) is 23.6 Å². The van der Waals surface area contributed by atoms with E-state index in [9.17, 15) is 4.79 Å². The fraction of sp³-hybridized carbons (Fsp3) is 0.190. The predicted octanol–water partition coefficient (Wildman–Crippen LogP) is 4.30. The highest BCUT2D eigenvalue weighted by Gasteiger charge is 2.32. The average Bonchev–Trinajstić information content (AvgIpc) is 3.15. The molecule has 1 aliphatic rings. The number of carbonyl (C=O) groups is 1. The number of para-hydroxylation sites is 1. The Morgan fingerprint density at radius 2 is 1.76 bits per heavy atom. The SMILES string of the molecule is O=C(COc1ccccc1)N1CCc2sccc2[C@@H]1c1ccccc1. The summed E-state index contributed by atoms with van der Waals surface area (Å²) in [5.74, 6) is 0.745. The molecular weight excluding hydrogens is 330 g/mol. The second-order valence-corrected chi connectivity index (χ2v) is 7.05. The van der Waals surface area contributed by atoms with E-state index in [-0.39, 0.29) is 18.6 Å². The normalized spacial score (nSPS) is 16.3. The molecule has 2 aromatic carbocycles. The van der Waals surface area contributed by atoms with Crippen LogP contribution in [0.5, 0.6) is 5.75 Å². The molecule has 1 atom stereocenters. The monoisotopic (exact) mass is 349 g/mol. The van der Waals surface area contributed by atoms with Crippen molar-refractivity contribution in [1.29, 1.82) is 0 Å². The molecule has 0 N–H and O–H groups in total. The first-order chi connectivity index (χ1) is 12.3. The minimum absolute atomic E-state index is 0.0227. The van der Waals surface area contributed by atoms with E-state index in [1.165, 1.54) is 10.4 Å². The summed E-state index contributed by atoms with van der Waals surface area (Å²) in [5.41, 5.74) is 2.39. The number of thiophene rings is 1. The van der Waals surface area contributed by atoms with Gasteiger partial charge in [-0.1, -0.05) is 48.5 Å². The zero-order valence-electron chi connectivity index (χ0n) is 13.8. The fourth-order valence-corrected chi connectivity index (χ4v) is 4.23. The summed E-state index contributed by atoms with van der Waals surface area (Å²) >= 11 is 1.78. The Kier molecular flexibility index (Phi) is 4.53. The Morgan fingerprint density at radius 1 is 1.04 bits per heavy atom. The van der Waals surface area contributed by atoms with E-state index in [1.54, 1.807) is 11.3 Å². The fourth-order valence-electron chi connectivity index (χ4n) is 3.32. The highest BCUT2D eigenvalue weighted by atomic mass is 32.1. The summed E-state index contributed by atoms with van der Waals surface area (Å²) in [6, 6.07) is 21.9. The summed E-state index contributed by atoms with van der Waals surface area (Å²) in [7, 11) is 0. The molecule has 4 rings (SSSR count). The number of nitrogens with zero attached hydrogens (tertiary/aromatic N) is 1. The third-order valence-electron chi connectivity index (χ3n) is 4.51. The number of hydrogen-bond acceptors (Lipinski definition) is 3. The first kappa shape index (κ1) is 15.9. The largest absolute Gasteiger partial charge is 0.484 e. The van der Waals surface area contributed by atoms with Crippen LogP contribution in [0.3, 0.4) is 0 Å². The Bertz CT molecular complexity index is 845. The van der Waals surface area contributed by atoms with Gasteiger partial charge in [0.25, 0.3) is 5.91 Å². The number of carbonyl (C=O) groups excluding carboxylic acids is 1. The van der Waals surface area contributed by atoms with Crippen molar-refractivity contribution in [3.05, 3.63) is 88.1 Å². The van der Waals surface area contributed by atoms with Gasteiger partial charge in [0, 0.05) is 11.4 Å². The van der Waals surface area contributed by atoms with E-state index in [0.717, 1.165) is 24.3 Å². The molecule has 1 aliphatic heterocycles. The average molecular weight is 349 g/mol. The Labute approximate surface area is 151 Å². The molecule has 0 fully saturated rings. The van der Waals surface area contributed by atoms with Crippen LogP contribution in [0, 0.1) is 0 Å². The molecule has 25 heavy (non-hydrogen) atoms. The molecule has 3 nitrogen and oxygen atoms in total. The van der Waals surface area contributed by atoms with Crippen LogP contribution in [-0.2, 0) is 11.2 Å². The minimum Gasteiger partial charge on any atom is -0.484 e. The van der Waals surface area contributed by atoms with Gasteiger partial charge >= 0.3 is 0 Å². The summed E-state index contributed by atoms with van der Waals surface area (Å²) < 4.78 is 5.69. The van der Waals surface area contributed by atoms with Crippen molar-refractivity contribution in [2.45, 2.75) is 12.5 Å². The maximum absolute atomic E-state index is 12.9. The van der Waals surface area contributed by atoms with Crippen LogP contribution in [0.1, 0.15) is 22.0 Å². The number of amides is 1. The van der Waals surface area contributed by atoms with Gasteiger partial charge in [-0.15, -0.1) is 11.3 Å². The number of benzene rings is 2. The predicted molar refractivity (Wildman–Crippen MR) is 100.0 cm³/mol. The smallest absolute Gasteiger partial charge is 0.261 e. The number of hydrogen-bond donors (Lipinski definition) is 0. The molecule has 0 bridgehead atoms. The maximum Gasteiger partial charge on any atom is 0.261 e. The Balaban J connectivity index is 1.58. The highest BCUT2D eigenvalue weighted by molar-refractivity contribution is 7.10. The number of ether oxygens (including phenoxy) is 1. The molecule has 2 heterocycles. The molecule has 126 valence electrons. The van der Waals surface area contributed by atoms with Crippen LogP contribution >= 0.6 is 11.3 Å². The van der Waals surface area contributed by atoms with Crippen molar-refractivity contribution in [3.8, 4) is 5.75 Å². The molecule has 4 heteroatoms. The van der Waals surface area contributed by atoms with Gasteiger partial charge in [0.05, 0.1) is 6.04 Å². The zero-order chi connectivity index (χ0) is 17.1. The first-order valence-corrected chi connectivity index (χ1v) is 9.29. The van der Waals surface area contributed by atoms with Crippen LogP contribution in [0.4, 0.5) is 0 Å². The summed E-state index contributed by atoms with van der Waals surface area (Å²) in [6.07, 6.45) is 0.910. The van der Waals surface area contributed by atoms with Crippen molar-refractivity contribution in [2.75, 3.05) is 13.2 Å². The molecule has 0 radical (unpaired) electrons. The van der Waals surface area contributed by atoms with Gasteiger partial charge in [0.2, 0.25) is 0 Å². The van der Waals surface area contributed by atoms with Crippen LogP contribution in [0.15, 0.2) is 72.1 Å². The van der Waals surface area contributed by atoms with Gasteiger partial charge in [-0.05, 0) is 41.1 Å². The molecule has 3 aromatic rings. The molecule has 0 aliphatic carbocycles. The Morgan fingerprint density at radius 3 is 2.52 bits per heavy atom. The van der Waals surface area contributed by atoms with Crippen molar-refractivity contribution >= 4 is 17.2 Å². The summed E-state index contributed by atoms with van der Waals surface area (Å²) in [4.78, 5) is 16.2. The van der Waals surface area contributed by atoms with Crippen molar-refractivity contribution in [1.82, 2.24) is 4.90 Å². The lowest BCUT2D eigenvalue weighted by Gasteiger charge is -2.36. The summed E-state index contributed by atoms with van der Waals surface area (Å²) in [5, 5.41) is 2.12. The van der Waals surface area contributed by atoms with Crippen LogP contribution in [-0.4, -0.2) is 24.0 Å². The van der Waals surface area contributed by atoms with E-state index < -0.39 is 0 Å². The second kappa shape index (κ2) is 7.11. The topological polar surface area (TPSA) is 29.5 Å². The molecular formula is C21H19NO2S. The van der Waals surface area contributed by atoms with Crippen LogP contribution in [0.2, 0.25) is 0 Å². The van der Waals surface area contributed by atoms with Gasteiger partial charge < -0.3 is 9.64 Å². The molecule has 1 aromatic heterocycles. The van der Waals surface area contributed by atoms with Crippen molar-refractivity contribution < 1.29 is 9.53 Å². The molecule has 0 saturated heterocycles. The van der Waals surface area contributed by atoms with Crippen molar-refractivity contribution in [3.63, 3.8) is 0 Å². The first-order valence-electron chi connectivity index (χ1n) is 8.41. The zero-order valence-corrected chi connectivity index (χ0v) is 14.6. The van der Waals surface area contributed by atoms with Gasteiger partial charge in [-0.25, -0.2) is 0 Å². The van der Waals surface area contributed by atoms with Gasteiger partial charge in [-0.3, -0.25) is 4.79 Å². The molecule has 0 saturated carbocycles. The third kappa shape index (κ3) is 3.30. The van der Waals surface area contributed by atoms with Crippen molar-refractivity contribution in [2.24, 2.45) is 0 Å². The van der Waals surface area contributed by atoms with Gasteiger partial charge in [0.1, 0.15) is 5.75 Å². The van der Waals surface area contributed by atoms with E-state index >= 15 is 0 Å². The van der Waals surface area contributed by atoms with E-state index in [1.807, 2.05) is 53.4 Å². The lowest BCUT2D eigenvalue weighted by atomic mass is 9.93. The van der Waals surface area contributed by atoms with Gasteiger partial charge in [0.15, 0.2) is 6.61 Å². The van der Waals surface area contributed by atoms with Crippen LogP contribution < -0.4 is 4.74 Å². The van der Waals surface area contributed by atoms with Crippen LogP contribution in [0.25, 0.3) is 0 Å². The molecule has 0 unspecified atom stereocenters. The van der Waals surface area contributed by atoms with E-state index in [4.69, 9.17) is 4.74 Å². The quantitative estimate of drug-likeness (QED) is 0.703. The number of rotatable bonds is 4. The maximum atomic E-state index is 12.9. The number of fused-ring (bicyclic) bond motifs is 1. The second-order valence-electron chi connectivity index (χ2n) is 6.05. The summed E-state index contributed by atoms with van der Waals surface area (Å²) in [6.45, 7) is 0.789. The molecule has 0 spiro atoms. The van der Waals surface area contributed by atoms with E-state index in [0.29, 0.717) is 0 Å². The third-order valence-corrected chi connectivity index (χ3v) is 5.50. The standard InChI is InChI=1S/C21H19NO2S/c23-20(15-24-17-9-5-2-6-10-17)22-13-11-19-18(12-14-25-19)21(22)16-7-3-1-4-8-16/h1-10,12,14,21H,11,13,15H2/t21-/m0/s1. The van der Waals surface area contributed by atoms with Gasteiger partial charge in [-0.2, -0.15) is 0 Å². The Hall–Kier alpha value is -2.59. The lowest BCUT2D eigenvalue weighted by Crippen LogP contribution is -2.42. The molecule has 1 amide bonds. The minimum atomic E-state index is -0.0249. The highest BCUT2D eigenvalue weighted by Crippen LogP contribution is 2.37. The lowest BCUT2D eigenvalue weighted by molar-refractivity contribution is -0.135.